The molecule has 2 atom stereocenters. The zero-order chi connectivity index (χ0) is 18.8. The number of rotatable bonds is 11. The summed E-state index contributed by atoms with van der Waals surface area (Å²) in [7, 11) is 0. The molecule has 0 heterocycles. The quantitative estimate of drug-likeness (QED) is 0.568. The third-order valence-electron chi connectivity index (χ3n) is 5.48. The minimum absolute atomic E-state index is 0.575. The molecule has 0 bridgehead atoms. The van der Waals surface area contributed by atoms with Crippen molar-refractivity contribution in [2.75, 3.05) is 26.2 Å². The Morgan fingerprint density at radius 3 is 1.27 bits per heavy atom. The maximum Gasteiger partial charge on any atom is 0.0112 e. The second kappa shape index (κ2) is 11.2. The van der Waals surface area contributed by atoms with E-state index in [4.69, 9.17) is 0 Å². The van der Waals surface area contributed by atoms with Gasteiger partial charge >= 0.3 is 0 Å². The summed E-state index contributed by atoms with van der Waals surface area (Å²) in [5, 5.41) is 0. The van der Waals surface area contributed by atoms with Crippen molar-refractivity contribution in [3.8, 4) is 0 Å². The first-order valence-corrected chi connectivity index (χ1v) is 10.2. The summed E-state index contributed by atoms with van der Waals surface area (Å²) < 4.78 is 0. The van der Waals surface area contributed by atoms with Crippen molar-refractivity contribution in [2.45, 2.75) is 52.6 Å². The molecule has 0 aromatic heterocycles. The Bertz CT molecular complexity index is 541. The lowest BCUT2D eigenvalue weighted by atomic mass is 10.1. The SMILES string of the molecule is CCN(CCN(CC)C(C)Cc1ccccc1)C(C)Cc1ccccc1. The molecule has 2 nitrogen and oxygen atoms in total. The Hall–Kier alpha value is -1.64. The third-order valence-corrected chi connectivity index (χ3v) is 5.48. The van der Waals surface area contributed by atoms with Crippen molar-refractivity contribution in [3.05, 3.63) is 71.8 Å². The predicted octanol–water partition coefficient (Wildman–Crippen LogP) is 4.89. The molecule has 0 aliphatic heterocycles. The van der Waals surface area contributed by atoms with Gasteiger partial charge in [0.05, 0.1) is 0 Å². The molecular formula is C24H36N2. The standard InChI is InChI=1S/C24H36N2/c1-5-25(21(3)19-23-13-9-7-10-14-23)17-18-26(6-2)22(4)20-24-15-11-8-12-16-24/h7-16,21-22H,5-6,17-20H2,1-4H3. The number of benzene rings is 2. The molecular weight excluding hydrogens is 316 g/mol. The van der Waals surface area contributed by atoms with Crippen molar-refractivity contribution >= 4 is 0 Å². The van der Waals surface area contributed by atoms with E-state index in [0.717, 1.165) is 39.0 Å². The van der Waals surface area contributed by atoms with Gasteiger partial charge in [-0.3, -0.25) is 9.80 Å². The van der Waals surface area contributed by atoms with Crippen LogP contribution < -0.4 is 0 Å². The first-order chi connectivity index (χ1) is 12.6. The zero-order valence-corrected chi connectivity index (χ0v) is 17.1. The van der Waals surface area contributed by atoms with E-state index in [2.05, 4.69) is 98.2 Å². The summed E-state index contributed by atoms with van der Waals surface area (Å²) in [5.74, 6) is 0. The van der Waals surface area contributed by atoms with Gasteiger partial charge in [-0.05, 0) is 50.9 Å². The Labute approximate surface area is 160 Å². The molecule has 0 aliphatic rings. The first kappa shape index (κ1) is 20.7. The molecule has 2 aromatic carbocycles. The minimum Gasteiger partial charge on any atom is -0.299 e. The highest BCUT2D eigenvalue weighted by atomic mass is 15.2. The van der Waals surface area contributed by atoms with Crippen LogP contribution in [0, 0.1) is 0 Å². The lowest BCUT2D eigenvalue weighted by Gasteiger charge is -2.33. The number of hydrogen-bond acceptors (Lipinski definition) is 2. The van der Waals surface area contributed by atoms with Gasteiger partial charge in [-0.25, -0.2) is 0 Å². The molecule has 0 saturated carbocycles. The topological polar surface area (TPSA) is 6.48 Å². The van der Waals surface area contributed by atoms with E-state index in [1.54, 1.807) is 0 Å². The fraction of sp³-hybridized carbons (Fsp3) is 0.500. The second-order valence-corrected chi connectivity index (χ2v) is 7.33. The molecule has 2 aromatic rings. The van der Waals surface area contributed by atoms with E-state index in [0.29, 0.717) is 12.1 Å². The molecule has 0 radical (unpaired) electrons. The molecule has 0 aliphatic carbocycles. The average molecular weight is 353 g/mol. The van der Waals surface area contributed by atoms with Gasteiger partial charge in [0, 0.05) is 25.2 Å². The number of hydrogen-bond donors (Lipinski definition) is 0. The Morgan fingerprint density at radius 1 is 0.615 bits per heavy atom. The van der Waals surface area contributed by atoms with Crippen molar-refractivity contribution < 1.29 is 0 Å². The molecule has 2 heteroatoms. The van der Waals surface area contributed by atoms with Crippen LogP contribution in [-0.4, -0.2) is 48.1 Å². The largest absolute Gasteiger partial charge is 0.299 e. The molecule has 142 valence electrons. The van der Waals surface area contributed by atoms with Gasteiger partial charge in [-0.1, -0.05) is 74.5 Å². The summed E-state index contributed by atoms with van der Waals surface area (Å²) in [5.41, 5.74) is 2.87. The monoisotopic (exact) mass is 352 g/mol. The van der Waals surface area contributed by atoms with E-state index in [1.807, 2.05) is 0 Å². The van der Waals surface area contributed by atoms with E-state index in [9.17, 15) is 0 Å². The van der Waals surface area contributed by atoms with E-state index < -0.39 is 0 Å². The summed E-state index contributed by atoms with van der Waals surface area (Å²) >= 11 is 0. The highest BCUT2D eigenvalue weighted by Crippen LogP contribution is 2.11. The highest BCUT2D eigenvalue weighted by molar-refractivity contribution is 5.16. The van der Waals surface area contributed by atoms with Crippen molar-refractivity contribution in [1.82, 2.24) is 9.80 Å². The van der Waals surface area contributed by atoms with Crippen molar-refractivity contribution in [2.24, 2.45) is 0 Å². The zero-order valence-electron chi connectivity index (χ0n) is 17.1. The van der Waals surface area contributed by atoms with Crippen LogP contribution in [-0.2, 0) is 12.8 Å². The van der Waals surface area contributed by atoms with Crippen molar-refractivity contribution in [3.63, 3.8) is 0 Å². The summed E-state index contributed by atoms with van der Waals surface area (Å²) in [6, 6.07) is 22.9. The molecule has 2 rings (SSSR count). The van der Waals surface area contributed by atoms with E-state index in [1.165, 1.54) is 11.1 Å². The molecule has 0 spiro atoms. The molecule has 0 fully saturated rings. The van der Waals surface area contributed by atoms with Crippen LogP contribution in [0.1, 0.15) is 38.8 Å². The average Bonchev–Trinajstić information content (AvgIpc) is 2.66. The molecule has 2 unspecified atom stereocenters. The smallest absolute Gasteiger partial charge is 0.0112 e. The Balaban J connectivity index is 1.86. The number of nitrogens with zero attached hydrogens (tertiary/aromatic N) is 2. The molecule has 0 saturated heterocycles. The Kier molecular flexibility index (Phi) is 8.87. The molecule has 0 amide bonds. The maximum absolute atomic E-state index is 2.62. The second-order valence-electron chi connectivity index (χ2n) is 7.33. The highest BCUT2D eigenvalue weighted by Gasteiger charge is 2.17. The van der Waals surface area contributed by atoms with Crippen LogP contribution in [0.4, 0.5) is 0 Å². The van der Waals surface area contributed by atoms with E-state index >= 15 is 0 Å². The first-order valence-electron chi connectivity index (χ1n) is 10.2. The lowest BCUT2D eigenvalue weighted by molar-refractivity contribution is 0.152. The summed E-state index contributed by atoms with van der Waals surface area (Å²) in [6.07, 6.45) is 2.25. The van der Waals surface area contributed by atoms with Gasteiger partial charge in [0.25, 0.3) is 0 Å². The summed E-state index contributed by atoms with van der Waals surface area (Å²) in [4.78, 5) is 5.23. The van der Waals surface area contributed by atoms with Gasteiger partial charge in [-0.15, -0.1) is 0 Å². The Morgan fingerprint density at radius 2 is 0.962 bits per heavy atom. The molecule has 26 heavy (non-hydrogen) atoms. The third kappa shape index (κ3) is 6.59. The van der Waals surface area contributed by atoms with Crippen molar-refractivity contribution in [1.29, 1.82) is 0 Å². The van der Waals surface area contributed by atoms with Gasteiger partial charge in [0.2, 0.25) is 0 Å². The van der Waals surface area contributed by atoms with Crippen LogP contribution in [0.25, 0.3) is 0 Å². The van der Waals surface area contributed by atoms with E-state index in [-0.39, 0.29) is 0 Å². The fourth-order valence-electron chi connectivity index (χ4n) is 3.81. The number of likely N-dealkylation sites (N-methyl/N-ethyl adjacent to an activating group) is 2. The van der Waals surface area contributed by atoms with Gasteiger partial charge in [0.15, 0.2) is 0 Å². The van der Waals surface area contributed by atoms with Crippen LogP contribution in [0.2, 0.25) is 0 Å². The van der Waals surface area contributed by atoms with Crippen LogP contribution in [0.3, 0.4) is 0 Å². The maximum atomic E-state index is 2.62. The normalized spacial score (nSPS) is 13.9. The van der Waals surface area contributed by atoms with Crippen LogP contribution in [0.15, 0.2) is 60.7 Å². The minimum atomic E-state index is 0.575. The lowest BCUT2D eigenvalue weighted by Crippen LogP contribution is -2.43. The van der Waals surface area contributed by atoms with Crippen LogP contribution in [0.5, 0.6) is 0 Å². The van der Waals surface area contributed by atoms with Gasteiger partial charge in [0.1, 0.15) is 0 Å². The van der Waals surface area contributed by atoms with Crippen LogP contribution >= 0.6 is 0 Å². The predicted molar refractivity (Wildman–Crippen MR) is 114 cm³/mol. The van der Waals surface area contributed by atoms with Gasteiger partial charge in [-0.2, -0.15) is 0 Å². The fourth-order valence-corrected chi connectivity index (χ4v) is 3.81. The summed E-state index contributed by atoms with van der Waals surface area (Å²) in [6.45, 7) is 13.8. The molecule has 0 N–H and O–H groups in total. The van der Waals surface area contributed by atoms with Gasteiger partial charge < -0.3 is 0 Å².